The highest BCUT2D eigenvalue weighted by Crippen LogP contribution is 2.13. The molecule has 0 aromatic heterocycles. The van der Waals surface area contributed by atoms with Crippen LogP contribution < -0.4 is 0 Å². The Kier molecular flexibility index (Phi) is 4.96. The molecule has 5 heteroatoms. The molecule has 0 heterocycles. The molecule has 0 radical (unpaired) electrons. The minimum Gasteiger partial charge on any atom is -0.480 e. The van der Waals surface area contributed by atoms with Crippen LogP contribution in [0.5, 0.6) is 0 Å². The first-order valence-corrected chi connectivity index (χ1v) is 6.65. The fourth-order valence-electron chi connectivity index (χ4n) is 1.32. The molecule has 3 nitrogen and oxygen atoms in total. The minimum absolute atomic E-state index is 0.252. The molecule has 2 unspecified atom stereocenters. The van der Waals surface area contributed by atoms with Crippen LogP contribution in [0, 0.1) is 0 Å². The SMILES string of the molecule is CCC(C(=O)O)S(=O)Cc1ccc(Cl)cc1. The number of carboxylic acids is 1. The number of hydrogen-bond acceptors (Lipinski definition) is 2. The van der Waals surface area contributed by atoms with Gasteiger partial charge in [0.25, 0.3) is 0 Å². The number of rotatable bonds is 5. The maximum Gasteiger partial charge on any atom is 0.319 e. The summed E-state index contributed by atoms with van der Waals surface area (Å²) in [7, 11) is -1.39. The predicted octanol–water partition coefficient (Wildman–Crippen LogP) is 2.45. The molecule has 0 amide bonds. The highest BCUT2D eigenvalue weighted by atomic mass is 35.5. The summed E-state index contributed by atoms with van der Waals surface area (Å²) in [5.74, 6) is -0.753. The molecule has 1 aromatic rings. The zero-order valence-electron chi connectivity index (χ0n) is 8.85. The molecule has 0 aliphatic heterocycles. The molecule has 1 aromatic carbocycles. The molecule has 2 atom stereocenters. The van der Waals surface area contributed by atoms with Gasteiger partial charge in [-0.3, -0.25) is 9.00 Å². The van der Waals surface area contributed by atoms with E-state index in [1.165, 1.54) is 0 Å². The van der Waals surface area contributed by atoms with E-state index in [-0.39, 0.29) is 5.75 Å². The lowest BCUT2D eigenvalue weighted by Crippen LogP contribution is -2.25. The lowest BCUT2D eigenvalue weighted by atomic mass is 10.2. The lowest BCUT2D eigenvalue weighted by Gasteiger charge is -2.09. The van der Waals surface area contributed by atoms with Crippen LogP contribution in [0.3, 0.4) is 0 Å². The summed E-state index contributed by atoms with van der Waals surface area (Å²) in [6.45, 7) is 1.72. The van der Waals surface area contributed by atoms with Crippen LogP contribution >= 0.6 is 11.6 Å². The summed E-state index contributed by atoms with van der Waals surface area (Å²) in [6.07, 6.45) is 0.371. The molecule has 0 saturated heterocycles. The van der Waals surface area contributed by atoms with E-state index < -0.39 is 22.0 Å². The lowest BCUT2D eigenvalue weighted by molar-refractivity contribution is -0.136. The number of benzene rings is 1. The molecule has 0 bridgehead atoms. The molecule has 1 rings (SSSR count). The normalized spacial score (nSPS) is 14.4. The summed E-state index contributed by atoms with van der Waals surface area (Å²) >= 11 is 5.72. The van der Waals surface area contributed by atoms with Crippen LogP contribution in [-0.2, 0) is 21.3 Å². The van der Waals surface area contributed by atoms with Crippen molar-refractivity contribution in [2.45, 2.75) is 24.3 Å². The standard InChI is InChI=1S/C11H13ClO3S/c1-2-10(11(13)14)16(15)7-8-3-5-9(12)6-4-8/h3-6,10H,2,7H2,1H3,(H,13,14). The summed E-state index contributed by atoms with van der Waals surface area (Å²) < 4.78 is 11.8. The summed E-state index contributed by atoms with van der Waals surface area (Å²) in [6, 6.07) is 6.93. The summed E-state index contributed by atoms with van der Waals surface area (Å²) in [5.41, 5.74) is 0.836. The van der Waals surface area contributed by atoms with Crippen LogP contribution in [0.2, 0.25) is 5.02 Å². The van der Waals surface area contributed by atoms with E-state index in [0.29, 0.717) is 11.4 Å². The Labute approximate surface area is 102 Å². The highest BCUT2D eigenvalue weighted by molar-refractivity contribution is 7.85. The largest absolute Gasteiger partial charge is 0.480 e. The van der Waals surface area contributed by atoms with E-state index in [9.17, 15) is 9.00 Å². The van der Waals surface area contributed by atoms with Crippen molar-refractivity contribution in [3.8, 4) is 0 Å². The Bertz CT molecular complexity index is 389. The van der Waals surface area contributed by atoms with Gasteiger partial charge in [-0.25, -0.2) is 0 Å². The first kappa shape index (κ1) is 13.2. The molecular weight excluding hydrogens is 248 g/mol. The van der Waals surface area contributed by atoms with Crippen molar-refractivity contribution >= 4 is 28.4 Å². The van der Waals surface area contributed by atoms with Crippen molar-refractivity contribution in [2.75, 3.05) is 0 Å². The van der Waals surface area contributed by atoms with Gasteiger partial charge in [0.05, 0.1) is 0 Å². The van der Waals surface area contributed by atoms with E-state index in [2.05, 4.69) is 0 Å². The minimum atomic E-state index is -1.39. The van der Waals surface area contributed by atoms with Crippen molar-refractivity contribution in [2.24, 2.45) is 0 Å². The van der Waals surface area contributed by atoms with Gasteiger partial charge < -0.3 is 5.11 Å². The van der Waals surface area contributed by atoms with Crippen molar-refractivity contribution in [3.63, 3.8) is 0 Å². The van der Waals surface area contributed by atoms with Crippen molar-refractivity contribution in [3.05, 3.63) is 34.9 Å². The molecule has 0 spiro atoms. The summed E-state index contributed by atoms with van der Waals surface area (Å²) in [5, 5.41) is 8.67. The average Bonchev–Trinajstić information content (AvgIpc) is 2.22. The van der Waals surface area contributed by atoms with E-state index in [0.717, 1.165) is 5.56 Å². The van der Waals surface area contributed by atoms with E-state index in [1.54, 1.807) is 31.2 Å². The van der Waals surface area contributed by atoms with Gasteiger partial charge in [0.2, 0.25) is 0 Å². The van der Waals surface area contributed by atoms with E-state index >= 15 is 0 Å². The molecule has 1 N–H and O–H groups in total. The van der Waals surface area contributed by atoms with Gasteiger partial charge in [0, 0.05) is 21.6 Å². The Morgan fingerprint density at radius 3 is 2.44 bits per heavy atom. The zero-order chi connectivity index (χ0) is 12.1. The topological polar surface area (TPSA) is 54.4 Å². The second kappa shape index (κ2) is 6.01. The fraction of sp³-hybridized carbons (Fsp3) is 0.364. The Morgan fingerprint density at radius 2 is 2.00 bits per heavy atom. The van der Waals surface area contributed by atoms with Gasteiger partial charge in [-0.05, 0) is 24.1 Å². The van der Waals surface area contributed by atoms with Crippen LogP contribution in [0.4, 0.5) is 0 Å². The third kappa shape index (κ3) is 3.61. The number of carbonyl (C=O) groups is 1. The number of carboxylic acid groups (broad SMARTS) is 1. The van der Waals surface area contributed by atoms with Gasteiger partial charge in [-0.15, -0.1) is 0 Å². The molecular formula is C11H13ClO3S. The maximum atomic E-state index is 11.8. The van der Waals surface area contributed by atoms with Crippen LogP contribution in [0.15, 0.2) is 24.3 Å². The molecule has 0 aliphatic rings. The fourth-order valence-corrected chi connectivity index (χ4v) is 2.76. The second-order valence-corrected chi connectivity index (χ2v) is 5.44. The monoisotopic (exact) mass is 260 g/mol. The third-order valence-electron chi connectivity index (χ3n) is 2.19. The van der Waals surface area contributed by atoms with E-state index in [1.807, 2.05) is 0 Å². The quantitative estimate of drug-likeness (QED) is 0.885. The van der Waals surface area contributed by atoms with Crippen molar-refractivity contribution < 1.29 is 14.1 Å². The smallest absolute Gasteiger partial charge is 0.319 e. The number of hydrogen-bond donors (Lipinski definition) is 1. The number of aliphatic carboxylic acids is 1. The van der Waals surface area contributed by atoms with E-state index in [4.69, 9.17) is 16.7 Å². The highest BCUT2D eigenvalue weighted by Gasteiger charge is 2.22. The molecule has 0 aliphatic carbocycles. The molecule has 88 valence electrons. The molecule has 16 heavy (non-hydrogen) atoms. The zero-order valence-corrected chi connectivity index (χ0v) is 10.4. The van der Waals surface area contributed by atoms with Crippen molar-refractivity contribution in [1.82, 2.24) is 0 Å². The van der Waals surface area contributed by atoms with Gasteiger partial charge in [0.15, 0.2) is 0 Å². The van der Waals surface area contributed by atoms with Gasteiger partial charge in [-0.2, -0.15) is 0 Å². The Morgan fingerprint density at radius 1 is 1.44 bits per heavy atom. The Hall–Kier alpha value is -0.870. The van der Waals surface area contributed by atoms with Crippen LogP contribution in [-0.4, -0.2) is 20.5 Å². The van der Waals surface area contributed by atoms with Gasteiger partial charge >= 0.3 is 5.97 Å². The molecule has 0 fully saturated rings. The third-order valence-corrected chi connectivity index (χ3v) is 4.23. The first-order valence-electron chi connectivity index (χ1n) is 4.89. The maximum absolute atomic E-state index is 11.8. The first-order chi connectivity index (χ1) is 7.54. The Balaban J connectivity index is 2.70. The van der Waals surface area contributed by atoms with Crippen molar-refractivity contribution in [1.29, 1.82) is 0 Å². The molecule has 0 saturated carbocycles. The summed E-state index contributed by atoms with van der Waals surface area (Å²) in [4.78, 5) is 10.8. The predicted molar refractivity (Wildman–Crippen MR) is 65.0 cm³/mol. The van der Waals surface area contributed by atoms with Gasteiger partial charge in [-0.1, -0.05) is 30.7 Å². The second-order valence-electron chi connectivity index (χ2n) is 3.39. The van der Waals surface area contributed by atoms with Crippen LogP contribution in [0.1, 0.15) is 18.9 Å². The number of halogens is 1. The van der Waals surface area contributed by atoms with Gasteiger partial charge in [0.1, 0.15) is 5.25 Å². The van der Waals surface area contributed by atoms with Crippen LogP contribution in [0.25, 0.3) is 0 Å². The average molecular weight is 261 g/mol.